The summed E-state index contributed by atoms with van der Waals surface area (Å²) in [4.78, 5) is 36.7. The van der Waals surface area contributed by atoms with Crippen molar-refractivity contribution in [3.63, 3.8) is 0 Å². The molecule has 2 heterocycles. The van der Waals surface area contributed by atoms with E-state index in [1.165, 1.54) is 29.6 Å². The van der Waals surface area contributed by atoms with Crippen molar-refractivity contribution in [3.8, 4) is 0 Å². The Morgan fingerprint density at radius 2 is 2.07 bits per heavy atom. The summed E-state index contributed by atoms with van der Waals surface area (Å²) in [5, 5.41) is 0. The van der Waals surface area contributed by atoms with Crippen LogP contribution in [-0.4, -0.2) is 63.9 Å². The third-order valence-electron chi connectivity index (χ3n) is 4.61. The molecule has 0 spiro atoms. The van der Waals surface area contributed by atoms with Crippen LogP contribution in [0.2, 0.25) is 0 Å². The Morgan fingerprint density at radius 3 is 2.76 bits per heavy atom. The van der Waals surface area contributed by atoms with Crippen molar-refractivity contribution >= 4 is 11.8 Å². The van der Waals surface area contributed by atoms with Gasteiger partial charge in [0.05, 0.1) is 18.9 Å². The Morgan fingerprint density at radius 1 is 1.28 bits per heavy atom. The van der Waals surface area contributed by atoms with Crippen LogP contribution in [0.3, 0.4) is 0 Å². The predicted molar refractivity (Wildman–Crippen MR) is 104 cm³/mol. The lowest BCUT2D eigenvalue weighted by atomic mass is 10.2. The lowest BCUT2D eigenvalue weighted by molar-refractivity contribution is -0.132. The fourth-order valence-corrected chi connectivity index (χ4v) is 3.25. The van der Waals surface area contributed by atoms with Gasteiger partial charge in [0.25, 0.3) is 5.91 Å². The summed E-state index contributed by atoms with van der Waals surface area (Å²) in [6, 6.07) is 6.40. The number of nitrogens with zero attached hydrogens (tertiary/aromatic N) is 4. The molecule has 1 fully saturated rings. The first kappa shape index (κ1) is 20.9. The minimum absolute atomic E-state index is 0.0539. The maximum absolute atomic E-state index is 13.9. The molecule has 0 aliphatic carbocycles. The third kappa shape index (κ3) is 5.57. The molecular formula is C21H25FN4O3. The number of carbonyl (C=O) groups is 2. The summed E-state index contributed by atoms with van der Waals surface area (Å²) >= 11 is 0. The fraction of sp³-hybridized carbons (Fsp3) is 0.429. The predicted octanol–water partition coefficient (Wildman–Crippen LogP) is 2.14. The van der Waals surface area contributed by atoms with Crippen molar-refractivity contribution in [2.24, 2.45) is 5.92 Å². The number of carbonyl (C=O) groups excluding carboxylic acids is 2. The summed E-state index contributed by atoms with van der Waals surface area (Å²) < 4.78 is 19.9. The molecule has 0 saturated carbocycles. The molecule has 1 aromatic carbocycles. The lowest BCUT2D eigenvalue weighted by Crippen LogP contribution is -2.40. The summed E-state index contributed by atoms with van der Waals surface area (Å²) in [5.74, 6) is -0.595. The van der Waals surface area contributed by atoms with E-state index in [2.05, 4.69) is 9.97 Å². The monoisotopic (exact) mass is 400 g/mol. The van der Waals surface area contributed by atoms with E-state index in [4.69, 9.17) is 4.74 Å². The zero-order valence-electron chi connectivity index (χ0n) is 16.6. The maximum atomic E-state index is 13.9. The highest BCUT2D eigenvalue weighted by Gasteiger charge is 2.32. The molecular weight excluding hydrogens is 375 g/mol. The number of hydrogen-bond donors (Lipinski definition) is 0. The molecule has 7 nitrogen and oxygen atoms in total. The zero-order valence-corrected chi connectivity index (χ0v) is 16.6. The van der Waals surface area contributed by atoms with Gasteiger partial charge < -0.3 is 14.5 Å². The number of amides is 2. The van der Waals surface area contributed by atoms with Gasteiger partial charge in [0.15, 0.2) is 0 Å². The van der Waals surface area contributed by atoms with Crippen LogP contribution in [0.15, 0.2) is 42.9 Å². The molecule has 1 saturated heterocycles. The van der Waals surface area contributed by atoms with Crippen LogP contribution >= 0.6 is 0 Å². The van der Waals surface area contributed by atoms with Gasteiger partial charge in [-0.2, -0.15) is 0 Å². The highest BCUT2D eigenvalue weighted by Crippen LogP contribution is 2.15. The average Bonchev–Trinajstić information content (AvgIpc) is 2.86. The van der Waals surface area contributed by atoms with Crippen LogP contribution in [0.1, 0.15) is 29.9 Å². The van der Waals surface area contributed by atoms with E-state index in [0.29, 0.717) is 18.7 Å². The molecule has 0 N–H and O–H groups in total. The highest BCUT2D eigenvalue weighted by molar-refractivity contribution is 5.95. The second-order valence-corrected chi connectivity index (χ2v) is 7.49. The van der Waals surface area contributed by atoms with Crippen molar-refractivity contribution < 1.29 is 18.7 Å². The smallest absolute Gasteiger partial charge is 0.274 e. The lowest BCUT2D eigenvalue weighted by Gasteiger charge is -2.26. The SMILES string of the molecule is CC(C)CN1CC(OCc2ccccc2F)CN(C(=O)c2cnccn2)CC1=O. The van der Waals surface area contributed by atoms with Crippen LogP contribution < -0.4 is 0 Å². The molecule has 1 aliphatic heterocycles. The quantitative estimate of drug-likeness (QED) is 0.743. The van der Waals surface area contributed by atoms with E-state index >= 15 is 0 Å². The van der Waals surface area contributed by atoms with E-state index in [-0.39, 0.29) is 48.9 Å². The van der Waals surface area contributed by atoms with Crippen molar-refractivity contribution in [3.05, 3.63) is 59.9 Å². The first-order valence-corrected chi connectivity index (χ1v) is 9.62. The summed E-state index contributed by atoms with van der Waals surface area (Å²) in [6.07, 6.45) is 3.85. The first-order valence-electron chi connectivity index (χ1n) is 9.62. The molecule has 1 unspecified atom stereocenters. The van der Waals surface area contributed by atoms with Gasteiger partial charge >= 0.3 is 0 Å². The Hall–Kier alpha value is -2.87. The van der Waals surface area contributed by atoms with Crippen molar-refractivity contribution in [2.75, 3.05) is 26.2 Å². The molecule has 0 bridgehead atoms. The molecule has 0 radical (unpaired) electrons. The van der Waals surface area contributed by atoms with Gasteiger partial charge in [-0.15, -0.1) is 0 Å². The summed E-state index contributed by atoms with van der Waals surface area (Å²) in [6.45, 7) is 5.17. The van der Waals surface area contributed by atoms with Crippen molar-refractivity contribution in [2.45, 2.75) is 26.6 Å². The number of hydrogen-bond acceptors (Lipinski definition) is 5. The van der Waals surface area contributed by atoms with Gasteiger partial charge in [0.2, 0.25) is 5.91 Å². The van der Waals surface area contributed by atoms with E-state index in [9.17, 15) is 14.0 Å². The second kappa shape index (κ2) is 9.56. The van der Waals surface area contributed by atoms with Crippen molar-refractivity contribution in [1.29, 1.82) is 0 Å². The van der Waals surface area contributed by atoms with E-state index < -0.39 is 6.10 Å². The molecule has 8 heteroatoms. The van der Waals surface area contributed by atoms with Gasteiger partial charge in [0.1, 0.15) is 18.1 Å². The second-order valence-electron chi connectivity index (χ2n) is 7.49. The Kier molecular flexibility index (Phi) is 6.87. The Labute approximate surface area is 169 Å². The average molecular weight is 400 g/mol. The summed E-state index contributed by atoms with van der Waals surface area (Å²) in [7, 11) is 0. The zero-order chi connectivity index (χ0) is 20.8. The number of benzene rings is 1. The first-order chi connectivity index (χ1) is 13.9. The minimum Gasteiger partial charge on any atom is -0.370 e. The van der Waals surface area contributed by atoms with E-state index in [1.807, 2.05) is 13.8 Å². The number of rotatable bonds is 6. The van der Waals surface area contributed by atoms with Gasteiger partial charge in [0, 0.05) is 37.6 Å². The fourth-order valence-electron chi connectivity index (χ4n) is 3.25. The topological polar surface area (TPSA) is 75.6 Å². The van der Waals surface area contributed by atoms with Gasteiger partial charge in [-0.3, -0.25) is 14.6 Å². The maximum Gasteiger partial charge on any atom is 0.274 e. The summed E-state index contributed by atoms with van der Waals surface area (Å²) in [5.41, 5.74) is 0.607. The molecule has 2 amide bonds. The van der Waals surface area contributed by atoms with Crippen LogP contribution in [-0.2, 0) is 16.1 Å². The van der Waals surface area contributed by atoms with E-state index in [1.54, 1.807) is 23.1 Å². The molecule has 154 valence electrons. The van der Waals surface area contributed by atoms with Crippen molar-refractivity contribution in [1.82, 2.24) is 19.8 Å². The van der Waals surface area contributed by atoms with E-state index in [0.717, 1.165) is 0 Å². The number of halogens is 1. The third-order valence-corrected chi connectivity index (χ3v) is 4.61. The molecule has 3 rings (SSSR count). The Bertz CT molecular complexity index is 847. The molecule has 2 aromatic rings. The van der Waals surface area contributed by atoms with Gasteiger partial charge in [-0.05, 0) is 12.0 Å². The number of aromatic nitrogens is 2. The molecule has 1 atom stereocenters. The standard InChI is InChI=1S/C21H25FN4O3/c1-15(2)10-25-11-17(29-14-16-5-3-4-6-18(16)22)12-26(13-20(25)27)21(28)19-9-23-7-8-24-19/h3-9,15,17H,10-14H2,1-2H3. The Balaban J connectivity index is 1.77. The highest BCUT2D eigenvalue weighted by atomic mass is 19.1. The molecule has 29 heavy (non-hydrogen) atoms. The van der Waals surface area contributed by atoms with Crippen LogP contribution in [0.5, 0.6) is 0 Å². The van der Waals surface area contributed by atoms with Gasteiger partial charge in [-0.25, -0.2) is 9.37 Å². The van der Waals surface area contributed by atoms with Crippen LogP contribution in [0.4, 0.5) is 4.39 Å². The molecule has 1 aromatic heterocycles. The normalized spacial score (nSPS) is 17.5. The minimum atomic E-state index is -0.444. The number of ether oxygens (including phenoxy) is 1. The van der Waals surface area contributed by atoms with Gasteiger partial charge in [-0.1, -0.05) is 32.0 Å². The molecule has 1 aliphatic rings. The largest absolute Gasteiger partial charge is 0.370 e. The van der Waals surface area contributed by atoms with Crippen LogP contribution in [0, 0.1) is 11.7 Å². The van der Waals surface area contributed by atoms with Crippen LogP contribution in [0.25, 0.3) is 0 Å².